The van der Waals surface area contributed by atoms with E-state index in [1.807, 2.05) is 0 Å². The van der Waals surface area contributed by atoms with Gasteiger partial charge in [0.05, 0.1) is 19.3 Å². The average molecular weight is 118 g/mol. The van der Waals surface area contributed by atoms with Crippen LogP contribution in [0, 0.1) is 0 Å². The molecule has 0 aliphatic carbocycles. The summed E-state index contributed by atoms with van der Waals surface area (Å²) in [6.45, 7) is 2.63. The van der Waals surface area contributed by atoms with Gasteiger partial charge in [-0.15, -0.1) is 0 Å². The fraction of sp³-hybridized carbons (Fsp3) is 0.600. The van der Waals surface area contributed by atoms with E-state index in [1.165, 1.54) is 0 Å². The van der Waals surface area contributed by atoms with Gasteiger partial charge in [0, 0.05) is 0 Å². The van der Waals surface area contributed by atoms with E-state index >= 15 is 0 Å². The average Bonchev–Trinajstić information content (AvgIpc) is 1.84. The van der Waals surface area contributed by atoms with Gasteiger partial charge in [0.1, 0.15) is 0 Å². The van der Waals surface area contributed by atoms with E-state index in [4.69, 9.17) is 15.3 Å². The lowest BCUT2D eigenvalue weighted by Crippen LogP contribution is -2.16. The minimum absolute atomic E-state index is 0.243. The molecule has 0 saturated carbocycles. The number of hydrogen-bond acceptors (Lipinski definition) is 3. The number of aliphatic hydroxyl groups excluding tert-OH is 3. The highest BCUT2D eigenvalue weighted by Gasteiger charge is 2.03. The summed E-state index contributed by atoms with van der Waals surface area (Å²) in [6, 6.07) is 0. The molecule has 48 valence electrons. The van der Waals surface area contributed by atoms with Crippen LogP contribution in [0.1, 0.15) is 0 Å². The summed E-state index contributed by atoms with van der Waals surface area (Å²) in [5, 5.41) is 25.1. The highest BCUT2D eigenvalue weighted by molar-refractivity contribution is 5.00. The van der Waals surface area contributed by atoms with E-state index in [2.05, 4.69) is 6.58 Å². The first kappa shape index (κ1) is 7.62. The molecule has 0 aliphatic heterocycles. The van der Waals surface area contributed by atoms with Crippen molar-refractivity contribution in [3.8, 4) is 0 Å². The number of rotatable bonds is 3. The molecular formula is C5H10O3. The maximum absolute atomic E-state index is 8.62. The SMILES string of the molecule is C=C(CO)[C@H](O)CO. The Morgan fingerprint density at radius 2 is 2.00 bits per heavy atom. The summed E-state index contributed by atoms with van der Waals surface area (Å²) in [6.07, 6.45) is -0.972. The molecule has 1 atom stereocenters. The molecule has 0 fully saturated rings. The fourth-order valence-corrected chi connectivity index (χ4v) is 0.234. The van der Waals surface area contributed by atoms with Crippen molar-refractivity contribution in [3.63, 3.8) is 0 Å². The van der Waals surface area contributed by atoms with Gasteiger partial charge in [-0.2, -0.15) is 0 Å². The second-order valence-electron chi connectivity index (χ2n) is 1.51. The lowest BCUT2D eigenvalue weighted by atomic mass is 10.2. The van der Waals surface area contributed by atoms with E-state index in [1.54, 1.807) is 0 Å². The molecule has 8 heavy (non-hydrogen) atoms. The largest absolute Gasteiger partial charge is 0.393 e. The van der Waals surface area contributed by atoms with E-state index in [0.29, 0.717) is 0 Å². The fourth-order valence-electron chi connectivity index (χ4n) is 0.234. The number of hydrogen-bond donors (Lipinski definition) is 3. The Morgan fingerprint density at radius 3 is 2.12 bits per heavy atom. The molecule has 0 rings (SSSR count). The Morgan fingerprint density at radius 1 is 1.50 bits per heavy atom. The summed E-state index contributed by atoms with van der Waals surface area (Å²) < 4.78 is 0. The first-order valence-electron chi connectivity index (χ1n) is 2.29. The maximum Gasteiger partial charge on any atom is 0.1000 e. The van der Waals surface area contributed by atoms with Crippen LogP contribution in [0.4, 0.5) is 0 Å². The zero-order chi connectivity index (χ0) is 6.57. The summed E-state index contributed by atoms with van der Waals surface area (Å²) in [5.41, 5.74) is 0.243. The van der Waals surface area contributed by atoms with Gasteiger partial charge in [0.15, 0.2) is 0 Å². The molecule has 3 N–H and O–H groups in total. The predicted molar refractivity (Wildman–Crippen MR) is 29.3 cm³/mol. The first-order valence-corrected chi connectivity index (χ1v) is 2.29. The Hall–Kier alpha value is -0.380. The van der Waals surface area contributed by atoms with Gasteiger partial charge >= 0.3 is 0 Å². The van der Waals surface area contributed by atoms with Crippen LogP contribution in [0.2, 0.25) is 0 Å². The Balaban J connectivity index is 3.46. The van der Waals surface area contributed by atoms with Crippen molar-refractivity contribution in [1.29, 1.82) is 0 Å². The van der Waals surface area contributed by atoms with E-state index in [9.17, 15) is 0 Å². The summed E-state index contributed by atoms with van der Waals surface area (Å²) >= 11 is 0. The van der Waals surface area contributed by atoms with Gasteiger partial charge in [-0.25, -0.2) is 0 Å². The van der Waals surface area contributed by atoms with Crippen molar-refractivity contribution >= 4 is 0 Å². The van der Waals surface area contributed by atoms with Crippen LogP contribution in [0.5, 0.6) is 0 Å². The molecule has 0 amide bonds. The van der Waals surface area contributed by atoms with E-state index in [-0.39, 0.29) is 18.8 Å². The van der Waals surface area contributed by atoms with Crippen LogP contribution in [0.25, 0.3) is 0 Å². The minimum atomic E-state index is -0.972. The van der Waals surface area contributed by atoms with Crippen LogP contribution in [0.15, 0.2) is 12.2 Å². The molecule has 0 unspecified atom stereocenters. The third-order valence-corrected chi connectivity index (χ3v) is 0.847. The van der Waals surface area contributed by atoms with Crippen molar-refractivity contribution in [2.45, 2.75) is 6.10 Å². The highest BCUT2D eigenvalue weighted by Crippen LogP contribution is 1.94. The number of aliphatic hydroxyl groups is 3. The highest BCUT2D eigenvalue weighted by atomic mass is 16.3. The van der Waals surface area contributed by atoms with Crippen LogP contribution in [-0.4, -0.2) is 34.6 Å². The third kappa shape index (κ3) is 2.07. The van der Waals surface area contributed by atoms with Crippen molar-refractivity contribution in [3.05, 3.63) is 12.2 Å². The Labute approximate surface area is 47.9 Å². The molecule has 0 aromatic heterocycles. The maximum atomic E-state index is 8.62. The Kier molecular flexibility index (Phi) is 3.43. The molecule has 0 radical (unpaired) electrons. The van der Waals surface area contributed by atoms with Crippen molar-refractivity contribution in [2.75, 3.05) is 13.2 Å². The van der Waals surface area contributed by atoms with E-state index in [0.717, 1.165) is 0 Å². The van der Waals surface area contributed by atoms with E-state index < -0.39 is 6.10 Å². The van der Waals surface area contributed by atoms with Crippen LogP contribution in [0.3, 0.4) is 0 Å². The molecule has 0 saturated heterocycles. The van der Waals surface area contributed by atoms with Gasteiger partial charge in [-0.05, 0) is 5.57 Å². The summed E-state index contributed by atoms with van der Waals surface area (Å²) in [7, 11) is 0. The van der Waals surface area contributed by atoms with Gasteiger partial charge in [-0.3, -0.25) is 0 Å². The molecular weight excluding hydrogens is 108 g/mol. The quantitative estimate of drug-likeness (QED) is 0.412. The van der Waals surface area contributed by atoms with Crippen LogP contribution < -0.4 is 0 Å². The molecule has 0 aliphatic rings. The summed E-state index contributed by atoms with van der Waals surface area (Å²) in [4.78, 5) is 0. The van der Waals surface area contributed by atoms with Gasteiger partial charge < -0.3 is 15.3 Å². The summed E-state index contributed by atoms with van der Waals surface area (Å²) in [5.74, 6) is 0. The molecule has 3 heteroatoms. The molecule has 0 heterocycles. The minimum Gasteiger partial charge on any atom is -0.393 e. The second-order valence-corrected chi connectivity index (χ2v) is 1.51. The molecule has 0 aromatic carbocycles. The molecule has 3 nitrogen and oxygen atoms in total. The van der Waals surface area contributed by atoms with Crippen LogP contribution >= 0.6 is 0 Å². The monoisotopic (exact) mass is 118 g/mol. The van der Waals surface area contributed by atoms with Gasteiger partial charge in [0.2, 0.25) is 0 Å². The Bertz CT molecular complexity index is 79.7. The van der Waals surface area contributed by atoms with Crippen LogP contribution in [-0.2, 0) is 0 Å². The zero-order valence-corrected chi connectivity index (χ0v) is 4.54. The molecule has 0 bridgehead atoms. The zero-order valence-electron chi connectivity index (χ0n) is 4.54. The van der Waals surface area contributed by atoms with Gasteiger partial charge in [-0.1, -0.05) is 6.58 Å². The third-order valence-electron chi connectivity index (χ3n) is 0.847. The lowest BCUT2D eigenvalue weighted by Gasteiger charge is -2.05. The van der Waals surface area contributed by atoms with Crippen molar-refractivity contribution in [2.24, 2.45) is 0 Å². The van der Waals surface area contributed by atoms with Crippen molar-refractivity contribution < 1.29 is 15.3 Å². The normalized spacial score (nSPS) is 13.4. The second kappa shape index (κ2) is 3.60. The lowest BCUT2D eigenvalue weighted by molar-refractivity contribution is 0.112. The molecule has 0 aromatic rings. The standard InChI is InChI=1S/C5H10O3/c1-4(2-6)5(8)3-7/h5-8H,1-3H2/t5-/m1/s1. The topological polar surface area (TPSA) is 60.7 Å². The smallest absolute Gasteiger partial charge is 0.1000 e. The van der Waals surface area contributed by atoms with Crippen molar-refractivity contribution in [1.82, 2.24) is 0 Å². The first-order chi connectivity index (χ1) is 3.72. The predicted octanol–water partition coefficient (Wildman–Crippen LogP) is -1.11. The molecule has 0 spiro atoms. The van der Waals surface area contributed by atoms with Gasteiger partial charge in [0.25, 0.3) is 0 Å².